The van der Waals surface area contributed by atoms with Gasteiger partial charge in [0.2, 0.25) is 0 Å². The maximum absolute atomic E-state index is 10.9. The minimum absolute atomic E-state index is 0.363. The average molecular weight is 379 g/mol. The van der Waals surface area contributed by atoms with Crippen LogP contribution in [0.4, 0.5) is 0 Å². The molecular weight excluding hydrogens is 360 g/mol. The number of rotatable bonds is 7. The van der Waals surface area contributed by atoms with Gasteiger partial charge in [0.25, 0.3) is 0 Å². The topological polar surface area (TPSA) is 44.8 Å². The number of hydrogen-bond donors (Lipinski definition) is 0. The molecule has 0 radical (unpaired) electrons. The molecule has 0 heterocycles. The highest BCUT2D eigenvalue weighted by Crippen LogP contribution is 2.36. The van der Waals surface area contributed by atoms with Crippen molar-refractivity contribution < 1.29 is 19.0 Å². The first-order valence-electron chi connectivity index (χ1n) is 7.20. The van der Waals surface area contributed by atoms with Gasteiger partial charge in [-0.05, 0) is 65.2 Å². The van der Waals surface area contributed by atoms with Gasteiger partial charge >= 0.3 is 0 Å². The summed E-state index contributed by atoms with van der Waals surface area (Å²) >= 11 is 3.39. The van der Waals surface area contributed by atoms with E-state index in [0.717, 1.165) is 23.2 Å². The number of halogens is 1. The summed E-state index contributed by atoms with van der Waals surface area (Å²) in [4.78, 5) is 10.9. The molecule has 0 saturated heterocycles. The van der Waals surface area contributed by atoms with Crippen molar-refractivity contribution in [1.82, 2.24) is 0 Å². The quantitative estimate of drug-likeness (QED) is 0.530. The van der Waals surface area contributed by atoms with Crippen LogP contribution in [0.2, 0.25) is 0 Å². The van der Waals surface area contributed by atoms with Crippen LogP contribution < -0.4 is 14.2 Å². The van der Waals surface area contributed by atoms with E-state index in [-0.39, 0.29) is 0 Å². The Balaban J connectivity index is 1.97. The third-order valence-corrected chi connectivity index (χ3v) is 3.77. The van der Waals surface area contributed by atoms with E-state index in [0.29, 0.717) is 34.7 Å². The van der Waals surface area contributed by atoms with Crippen molar-refractivity contribution in [2.75, 3.05) is 20.3 Å². The SMILES string of the molecule is COc1cc(C=O)cc(Br)c1OCCOc1cc(C)cc(C)c1. The minimum atomic E-state index is 0.363. The molecule has 4 nitrogen and oxygen atoms in total. The van der Waals surface area contributed by atoms with E-state index in [2.05, 4.69) is 22.0 Å². The van der Waals surface area contributed by atoms with Gasteiger partial charge in [-0.25, -0.2) is 0 Å². The monoisotopic (exact) mass is 378 g/mol. The number of benzene rings is 2. The van der Waals surface area contributed by atoms with Crippen LogP contribution in [0.15, 0.2) is 34.8 Å². The van der Waals surface area contributed by atoms with Crippen molar-refractivity contribution in [1.29, 1.82) is 0 Å². The van der Waals surface area contributed by atoms with Crippen molar-refractivity contribution >= 4 is 22.2 Å². The number of methoxy groups -OCH3 is 1. The molecule has 0 saturated carbocycles. The van der Waals surface area contributed by atoms with Crippen molar-refractivity contribution in [2.24, 2.45) is 0 Å². The zero-order valence-corrected chi connectivity index (χ0v) is 15.0. The van der Waals surface area contributed by atoms with E-state index < -0.39 is 0 Å². The van der Waals surface area contributed by atoms with Crippen LogP contribution in [0.25, 0.3) is 0 Å². The Bertz CT molecular complexity index is 677. The Kier molecular flexibility index (Phi) is 6.04. The summed E-state index contributed by atoms with van der Waals surface area (Å²) in [6.45, 7) is 4.84. The molecule has 0 spiro atoms. The van der Waals surface area contributed by atoms with Crippen LogP contribution in [0.3, 0.4) is 0 Å². The van der Waals surface area contributed by atoms with E-state index in [1.807, 2.05) is 26.0 Å². The fraction of sp³-hybridized carbons (Fsp3) is 0.278. The van der Waals surface area contributed by atoms with Gasteiger partial charge < -0.3 is 14.2 Å². The van der Waals surface area contributed by atoms with Crippen molar-refractivity contribution in [2.45, 2.75) is 13.8 Å². The second-order valence-electron chi connectivity index (χ2n) is 5.17. The summed E-state index contributed by atoms with van der Waals surface area (Å²) in [6.07, 6.45) is 0.764. The summed E-state index contributed by atoms with van der Waals surface area (Å²) in [5.41, 5.74) is 2.84. The van der Waals surface area contributed by atoms with Crippen molar-refractivity contribution in [3.8, 4) is 17.2 Å². The van der Waals surface area contributed by atoms with Crippen LogP contribution in [-0.4, -0.2) is 26.6 Å². The van der Waals surface area contributed by atoms with Crippen LogP contribution in [0, 0.1) is 13.8 Å². The van der Waals surface area contributed by atoms with E-state index in [1.165, 1.54) is 7.11 Å². The second-order valence-corrected chi connectivity index (χ2v) is 6.03. The Labute approximate surface area is 144 Å². The molecule has 0 aliphatic heterocycles. The van der Waals surface area contributed by atoms with E-state index in [9.17, 15) is 4.79 Å². The molecular formula is C18H19BrO4. The van der Waals surface area contributed by atoms with Crippen molar-refractivity contribution in [3.05, 3.63) is 51.5 Å². The molecule has 0 fully saturated rings. The lowest BCUT2D eigenvalue weighted by molar-refractivity contribution is 0.112. The lowest BCUT2D eigenvalue weighted by Crippen LogP contribution is -2.10. The molecule has 0 unspecified atom stereocenters. The molecule has 23 heavy (non-hydrogen) atoms. The van der Waals surface area contributed by atoms with Crippen LogP contribution >= 0.6 is 15.9 Å². The highest BCUT2D eigenvalue weighted by molar-refractivity contribution is 9.10. The minimum Gasteiger partial charge on any atom is -0.493 e. The Hall–Kier alpha value is -2.01. The van der Waals surface area contributed by atoms with Gasteiger partial charge in [-0.15, -0.1) is 0 Å². The van der Waals surface area contributed by atoms with E-state index >= 15 is 0 Å². The molecule has 0 atom stereocenters. The fourth-order valence-electron chi connectivity index (χ4n) is 2.27. The first-order valence-corrected chi connectivity index (χ1v) is 7.99. The summed E-state index contributed by atoms with van der Waals surface area (Å²) < 4.78 is 17.4. The number of ether oxygens (including phenoxy) is 3. The molecule has 2 aromatic rings. The molecule has 0 aromatic heterocycles. The van der Waals surface area contributed by atoms with E-state index in [4.69, 9.17) is 14.2 Å². The van der Waals surface area contributed by atoms with Crippen LogP contribution in [0.1, 0.15) is 21.5 Å². The largest absolute Gasteiger partial charge is 0.493 e. The Morgan fingerprint density at radius 1 is 1.00 bits per heavy atom. The summed E-state index contributed by atoms with van der Waals surface area (Å²) in [7, 11) is 1.54. The van der Waals surface area contributed by atoms with Gasteiger partial charge in [-0.1, -0.05) is 6.07 Å². The lowest BCUT2D eigenvalue weighted by Gasteiger charge is -2.14. The highest BCUT2D eigenvalue weighted by Gasteiger charge is 2.11. The standard InChI is InChI=1S/C18H19BrO4/c1-12-6-13(2)8-15(7-12)22-4-5-23-18-16(19)9-14(11-20)10-17(18)21-3/h6-11H,4-5H2,1-3H3. The number of aryl methyl sites for hydroxylation is 2. The molecule has 0 aliphatic carbocycles. The second kappa shape index (κ2) is 8.02. The fourth-order valence-corrected chi connectivity index (χ4v) is 2.84. The van der Waals surface area contributed by atoms with Gasteiger partial charge in [-0.2, -0.15) is 0 Å². The third kappa shape index (κ3) is 4.73. The molecule has 122 valence electrons. The number of carbonyl (C=O) groups is 1. The number of aldehydes is 1. The van der Waals surface area contributed by atoms with Crippen molar-refractivity contribution in [3.63, 3.8) is 0 Å². The molecule has 2 aromatic carbocycles. The van der Waals surface area contributed by atoms with Gasteiger partial charge in [-0.3, -0.25) is 4.79 Å². The van der Waals surface area contributed by atoms with E-state index in [1.54, 1.807) is 12.1 Å². The molecule has 0 bridgehead atoms. The number of hydrogen-bond acceptors (Lipinski definition) is 4. The zero-order chi connectivity index (χ0) is 16.8. The summed E-state index contributed by atoms with van der Waals surface area (Å²) in [6, 6.07) is 9.40. The lowest BCUT2D eigenvalue weighted by atomic mass is 10.1. The van der Waals surface area contributed by atoms with Gasteiger partial charge in [0.15, 0.2) is 11.5 Å². The molecule has 2 rings (SSSR count). The smallest absolute Gasteiger partial charge is 0.175 e. The summed E-state index contributed by atoms with van der Waals surface area (Å²) in [5.74, 6) is 1.89. The predicted molar refractivity (Wildman–Crippen MR) is 93.0 cm³/mol. The molecule has 0 amide bonds. The van der Waals surface area contributed by atoms with Crippen LogP contribution in [0.5, 0.6) is 17.2 Å². The first kappa shape index (κ1) is 17.3. The highest BCUT2D eigenvalue weighted by atomic mass is 79.9. The predicted octanol–water partition coefficient (Wildman–Crippen LogP) is 4.34. The number of carbonyl (C=O) groups excluding carboxylic acids is 1. The Morgan fingerprint density at radius 3 is 2.26 bits per heavy atom. The first-order chi connectivity index (χ1) is 11.0. The van der Waals surface area contributed by atoms with Crippen LogP contribution in [-0.2, 0) is 0 Å². The zero-order valence-electron chi connectivity index (χ0n) is 13.4. The molecule has 0 aliphatic rings. The van der Waals surface area contributed by atoms with Gasteiger partial charge in [0.05, 0.1) is 11.6 Å². The van der Waals surface area contributed by atoms with Gasteiger partial charge in [0.1, 0.15) is 25.2 Å². The normalized spacial score (nSPS) is 10.3. The van der Waals surface area contributed by atoms with Gasteiger partial charge in [0, 0.05) is 5.56 Å². The maximum atomic E-state index is 10.9. The third-order valence-electron chi connectivity index (χ3n) is 3.18. The molecule has 5 heteroatoms. The Morgan fingerprint density at radius 2 is 1.65 bits per heavy atom. The summed E-state index contributed by atoms with van der Waals surface area (Å²) in [5, 5.41) is 0. The molecule has 0 N–H and O–H groups in total. The average Bonchev–Trinajstić information content (AvgIpc) is 2.51. The maximum Gasteiger partial charge on any atom is 0.175 e.